The number of rotatable bonds is 3. The molecule has 1 aliphatic carbocycles. The maximum Gasteiger partial charge on any atom is 0.224 e. The third-order valence-corrected chi connectivity index (χ3v) is 2.93. The summed E-state index contributed by atoms with van der Waals surface area (Å²) >= 11 is 0. The van der Waals surface area contributed by atoms with Crippen molar-refractivity contribution in [2.24, 2.45) is 11.8 Å². The minimum Gasteiger partial charge on any atom is -0.356 e. The average molecular weight is 182 g/mol. The molecule has 1 aliphatic heterocycles. The van der Waals surface area contributed by atoms with Crippen molar-refractivity contribution in [3.63, 3.8) is 0 Å². The van der Waals surface area contributed by atoms with Crippen LogP contribution in [0.25, 0.3) is 0 Å². The second kappa shape index (κ2) is 4.09. The molecule has 2 rings (SSSR count). The summed E-state index contributed by atoms with van der Waals surface area (Å²) in [7, 11) is 0. The highest BCUT2D eigenvalue weighted by atomic mass is 16.1. The molecule has 2 fully saturated rings. The highest BCUT2D eigenvalue weighted by Crippen LogP contribution is 2.27. The molecule has 0 radical (unpaired) electrons. The summed E-state index contributed by atoms with van der Waals surface area (Å²) in [6, 6.07) is 0. The fraction of sp³-hybridized carbons (Fsp3) is 0.900. The van der Waals surface area contributed by atoms with E-state index in [4.69, 9.17) is 0 Å². The van der Waals surface area contributed by atoms with Gasteiger partial charge in [-0.3, -0.25) is 4.79 Å². The molecule has 74 valence electrons. The van der Waals surface area contributed by atoms with Crippen molar-refractivity contribution in [3.8, 4) is 0 Å². The molecule has 0 unspecified atom stereocenters. The monoisotopic (exact) mass is 182 g/mol. The maximum atomic E-state index is 11.6. The Labute approximate surface area is 79.3 Å². The Kier molecular flexibility index (Phi) is 2.83. The van der Waals surface area contributed by atoms with Gasteiger partial charge >= 0.3 is 0 Å². The van der Waals surface area contributed by atoms with Crippen LogP contribution in [0.3, 0.4) is 0 Å². The average Bonchev–Trinajstić information content (AvgIpc) is 2.99. The molecule has 2 N–H and O–H groups in total. The quantitative estimate of drug-likeness (QED) is 0.668. The van der Waals surface area contributed by atoms with Crippen molar-refractivity contribution in [1.29, 1.82) is 0 Å². The van der Waals surface area contributed by atoms with E-state index >= 15 is 0 Å². The number of carbonyl (C=O) groups excluding carboxylic acids is 1. The van der Waals surface area contributed by atoms with E-state index < -0.39 is 0 Å². The molecule has 0 aromatic rings. The minimum atomic E-state index is 0.229. The van der Waals surface area contributed by atoms with Crippen LogP contribution in [0, 0.1) is 11.8 Å². The number of piperidine rings is 1. The summed E-state index contributed by atoms with van der Waals surface area (Å²) in [4.78, 5) is 11.6. The number of hydrogen-bond acceptors (Lipinski definition) is 2. The Morgan fingerprint density at radius 2 is 2.23 bits per heavy atom. The van der Waals surface area contributed by atoms with Crippen LogP contribution in [0.4, 0.5) is 0 Å². The van der Waals surface area contributed by atoms with Gasteiger partial charge in [0.15, 0.2) is 0 Å². The van der Waals surface area contributed by atoms with E-state index in [1.165, 1.54) is 12.8 Å². The number of carbonyl (C=O) groups is 1. The van der Waals surface area contributed by atoms with Gasteiger partial charge in [-0.1, -0.05) is 0 Å². The summed E-state index contributed by atoms with van der Waals surface area (Å²) in [5.41, 5.74) is 0. The summed E-state index contributed by atoms with van der Waals surface area (Å²) in [6.45, 7) is 2.86. The van der Waals surface area contributed by atoms with Gasteiger partial charge < -0.3 is 10.6 Å². The molecule has 0 aromatic heterocycles. The lowest BCUT2D eigenvalue weighted by Gasteiger charge is -2.21. The highest BCUT2D eigenvalue weighted by Gasteiger charge is 2.25. The Morgan fingerprint density at radius 3 is 2.85 bits per heavy atom. The van der Waals surface area contributed by atoms with Crippen molar-refractivity contribution in [2.75, 3.05) is 19.6 Å². The first-order valence-corrected chi connectivity index (χ1v) is 5.34. The first-order chi connectivity index (χ1) is 6.36. The molecular formula is C10H18N2O. The highest BCUT2D eigenvalue weighted by molar-refractivity contribution is 5.78. The van der Waals surface area contributed by atoms with Crippen molar-refractivity contribution in [2.45, 2.75) is 25.7 Å². The summed E-state index contributed by atoms with van der Waals surface area (Å²) in [5, 5.41) is 6.29. The Balaban J connectivity index is 1.67. The maximum absolute atomic E-state index is 11.6. The molecule has 2 aliphatic rings. The van der Waals surface area contributed by atoms with Crippen molar-refractivity contribution in [3.05, 3.63) is 0 Å². The molecule has 0 bridgehead atoms. The molecule has 3 heteroatoms. The molecule has 0 spiro atoms. The van der Waals surface area contributed by atoms with Crippen LogP contribution in [-0.4, -0.2) is 25.5 Å². The number of hydrogen-bond donors (Lipinski definition) is 2. The molecule has 0 aromatic carbocycles. The zero-order chi connectivity index (χ0) is 9.10. The predicted molar refractivity (Wildman–Crippen MR) is 51.3 cm³/mol. The van der Waals surface area contributed by atoms with E-state index in [0.29, 0.717) is 0 Å². The Hall–Kier alpha value is -0.570. The van der Waals surface area contributed by atoms with Crippen molar-refractivity contribution < 1.29 is 4.79 Å². The Morgan fingerprint density at radius 1 is 1.38 bits per heavy atom. The lowest BCUT2D eigenvalue weighted by Crippen LogP contribution is -2.41. The second-order valence-electron chi connectivity index (χ2n) is 4.23. The molecule has 1 atom stereocenters. The lowest BCUT2D eigenvalue weighted by molar-refractivity contribution is -0.125. The van der Waals surface area contributed by atoms with Crippen LogP contribution < -0.4 is 10.6 Å². The predicted octanol–water partition coefficient (Wildman–Crippen LogP) is 0.512. The number of nitrogens with one attached hydrogen (secondary N) is 2. The van der Waals surface area contributed by atoms with Crippen LogP contribution >= 0.6 is 0 Å². The van der Waals surface area contributed by atoms with Crippen LogP contribution in [0.15, 0.2) is 0 Å². The molecule has 1 saturated heterocycles. The Bertz CT molecular complexity index is 183. The van der Waals surface area contributed by atoms with Crippen LogP contribution in [0.1, 0.15) is 25.7 Å². The molecule has 3 nitrogen and oxygen atoms in total. The van der Waals surface area contributed by atoms with Gasteiger partial charge in [0.2, 0.25) is 5.91 Å². The van der Waals surface area contributed by atoms with Gasteiger partial charge in [0.25, 0.3) is 0 Å². The van der Waals surface area contributed by atoms with Gasteiger partial charge in [0, 0.05) is 13.1 Å². The summed E-state index contributed by atoms with van der Waals surface area (Å²) in [6.07, 6.45) is 4.82. The van der Waals surface area contributed by atoms with Gasteiger partial charge in [-0.25, -0.2) is 0 Å². The van der Waals surface area contributed by atoms with E-state index in [1.807, 2.05) is 0 Å². The van der Waals surface area contributed by atoms with Crippen LogP contribution in [0.5, 0.6) is 0 Å². The summed E-state index contributed by atoms with van der Waals surface area (Å²) in [5.74, 6) is 1.28. The van der Waals surface area contributed by atoms with Crippen LogP contribution in [0.2, 0.25) is 0 Å². The van der Waals surface area contributed by atoms with Gasteiger partial charge in [-0.2, -0.15) is 0 Å². The molecule has 1 amide bonds. The minimum absolute atomic E-state index is 0.229. The van der Waals surface area contributed by atoms with Gasteiger partial charge in [-0.05, 0) is 38.1 Å². The summed E-state index contributed by atoms with van der Waals surface area (Å²) < 4.78 is 0. The fourth-order valence-electron chi connectivity index (χ4n) is 1.79. The van der Waals surface area contributed by atoms with E-state index in [0.717, 1.165) is 38.4 Å². The van der Waals surface area contributed by atoms with E-state index in [2.05, 4.69) is 10.6 Å². The third-order valence-electron chi connectivity index (χ3n) is 2.93. The van der Waals surface area contributed by atoms with E-state index in [9.17, 15) is 4.79 Å². The standard InChI is InChI=1S/C10H18N2O/c13-10(12-6-8-3-4-8)9-2-1-5-11-7-9/h8-9,11H,1-7H2,(H,12,13)/t9-/m0/s1. The third kappa shape index (κ3) is 2.69. The largest absolute Gasteiger partial charge is 0.356 e. The second-order valence-corrected chi connectivity index (χ2v) is 4.23. The zero-order valence-electron chi connectivity index (χ0n) is 8.01. The fourth-order valence-corrected chi connectivity index (χ4v) is 1.79. The van der Waals surface area contributed by atoms with E-state index in [1.54, 1.807) is 0 Å². The van der Waals surface area contributed by atoms with Crippen molar-refractivity contribution >= 4 is 5.91 Å². The first kappa shape index (κ1) is 9.00. The zero-order valence-corrected chi connectivity index (χ0v) is 8.01. The lowest BCUT2D eigenvalue weighted by atomic mass is 9.99. The van der Waals surface area contributed by atoms with Gasteiger partial charge in [0.05, 0.1) is 5.92 Å². The van der Waals surface area contributed by atoms with Gasteiger partial charge in [-0.15, -0.1) is 0 Å². The van der Waals surface area contributed by atoms with Crippen molar-refractivity contribution in [1.82, 2.24) is 10.6 Å². The SMILES string of the molecule is O=C(NCC1CC1)[C@H]1CCCNC1. The van der Waals surface area contributed by atoms with Gasteiger partial charge in [0.1, 0.15) is 0 Å². The molecule has 1 heterocycles. The molecular weight excluding hydrogens is 164 g/mol. The topological polar surface area (TPSA) is 41.1 Å². The smallest absolute Gasteiger partial charge is 0.224 e. The first-order valence-electron chi connectivity index (χ1n) is 5.34. The number of amides is 1. The molecule has 13 heavy (non-hydrogen) atoms. The molecule has 1 saturated carbocycles. The normalized spacial score (nSPS) is 28.5. The van der Waals surface area contributed by atoms with E-state index in [-0.39, 0.29) is 11.8 Å². The van der Waals surface area contributed by atoms with Crippen LogP contribution in [-0.2, 0) is 4.79 Å².